The molecular weight excluding hydrogens is 473 g/mol. The van der Waals surface area contributed by atoms with Gasteiger partial charge in [-0.2, -0.15) is 13.2 Å². The number of aliphatic carboxylic acids is 1. The molecule has 1 aliphatic carbocycles. The number of anilines is 1. The highest BCUT2D eigenvalue weighted by molar-refractivity contribution is 5.91. The van der Waals surface area contributed by atoms with Crippen LogP contribution in [0, 0.1) is 6.92 Å². The van der Waals surface area contributed by atoms with Gasteiger partial charge in [-0.3, -0.25) is 9.36 Å². The van der Waals surface area contributed by atoms with Crippen molar-refractivity contribution in [1.29, 1.82) is 0 Å². The van der Waals surface area contributed by atoms with Crippen LogP contribution >= 0.6 is 0 Å². The van der Waals surface area contributed by atoms with Crippen LogP contribution in [-0.4, -0.2) is 40.4 Å². The number of hydrogen-bond acceptors (Lipinski definition) is 5. The van der Waals surface area contributed by atoms with E-state index in [9.17, 15) is 27.9 Å². The van der Waals surface area contributed by atoms with Gasteiger partial charge in [0.2, 0.25) is 5.95 Å². The highest BCUT2D eigenvalue weighted by atomic mass is 19.4. The number of carboxylic acids is 1. The zero-order chi connectivity index (χ0) is 26.8. The number of aryl methyl sites for hydroxylation is 1. The van der Waals surface area contributed by atoms with E-state index in [0.29, 0.717) is 34.7 Å². The van der Waals surface area contributed by atoms with Gasteiger partial charge in [-0.1, -0.05) is 32.1 Å². The first-order chi connectivity index (χ1) is 17.2. The summed E-state index contributed by atoms with van der Waals surface area (Å²) >= 11 is 0. The molecule has 36 heavy (non-hydrogen) atoms. The standard InChI is InChI=1S/C23H28N4O3.C2H6.CHF3/c1-15-12-16(14-24-19-9-5-4-8-17(19)22(29)30)20-18(13-15)21(28)26(2)23(25-20)27-10-6-3-7-11-27;1-2;2-1(3)4/h8-9,12-13,24H,3-7,10-11,14H2,1-2H3,(H,29,30);1-2H3;1H. The molecule has 2 heterocycles. The second-order valence-corrected chi connectivity index (χ2v) is 8.36. The number of aromatic nitrogens is 2. The minimum atomic E-state index is -3.67. The fourth-order valence-corrected chi connectivity index (χ4v) is 4.34. The largest absolute Gasteiger partial charge is 0.478 e. The number of halogens is 3. The van der Waals surface area contributed by atoms with E-state index in [1.807, 2.05) is 39.0 Å². The molecule has 7 nitrogen and oxygen atoms in total. The molecule has 0 spiro atoms. The van der Waals surface area contributed by atoms with Crippen molar-refractivity contribution in [1.82, 2.24) is 14.9 Å². The van der Waals surface area contributed by atoms with E-state index in [0.717, 1.165) is 49.9 Å². The van der Waals surface area contributed by atoms with Gasteiger partial charge in [0.05, 0.1) is 16.5 Å². The second-order valence-electron chi connectivity index (χ2n) is 8.36. The number of allylic oxidation sites excluding steroid dienone is 2. The Kier molecular flexibility index (Phi) is 11.0. The molecule has 0 unspecified atom stereocenters. The molecule has 0 saturated carbocycles. The van der Waals surface area contributed by atoms with Gasteiger partial charge in [-0.25, -0.2) is 9.78 Å². The number of alkyl halides is 3. The van der Waals surface area contributed by atoms with Crippen molar-refractivity contribution in [3.8, 4) is 0 Å². The molecule has 1 aromatic heterocycles. The fourth-order valence-electron chi connectivity index (χ4n) is 4.34. The minimum absolute atomic E-state index is 0.0477. The van der Waals surface area contributed by atoms with Gasteiger partial charge in [-0.05, 0) is 56.2 Å². The van der Waals surface area contributed by atoms with E-state index in [2.05, 4.69) is 10.2 Å². The Morgan fingerprint density at radius 3 is 2.33 bits per heavy atom. The van der Waals surface area contributed by atoms with Crippen LogP contribution in [0.4, 0.5) is 19.1 Å². The summed E-state index contributed by atoms with van der Waals surface area (Å²) in [7, 11) is 1.79. The molecule has 0 radical (unpaired) electrons. The predicted octanol–water partition coefficient (Wildman–Crippen LogP) is 5.22. The SMILES string of the molecule is CC.Cc1cc(CNC2=CCCC=C2C(=O)O)c2nc(N3CCCCC3)n(C)c(=O)c2c1.FC(F)F. The number of nitrogens with zero attached hydrogens (tertiary/aromatic N) is 3. The Morgan fingerprint density at radius 2 is 1.72 bits per heavy atom. The molecule has 10 heteroatoms. The number of benzene rings is 1. The highest BCUT2D eigenvalue weighted by Gasteiger charge is 2.20. The smallest absolute Gasteiger partial charge is 0.379 e. The van der Waals surface area contributed by atoms with Crippen LogP contribution in [0.25, 0.3) is 10.9 Å². The van der Waals surface area contributed by atoms with Crippen LogP contribution in [0.1, 0.15) is 57.1 Å². The van der Waals surface area contributed by atoms with E-state index in [1.165, 1.54) is 6.42 Å². The van der Waals surface area contributed by atoms with E-state index in [4.69, 9.17) is 4.98 Å². The average Bonchev–Trinajstić information content (AvgIpc) is 2.86. The summed E-state index contributed by atoms with van der Waals surface area (Å²) in [6, 6.07) is 3.91. The van der Waals surface area contributed by atoms with E-state index in [-0.39, 0.29) is 5.56 Å². The number of piperidine rings is 1. The first-order valence-electron chi connectivity index (χ1n) is 12.2. The Labute approximate surface area is 209 Å². The van der Waals surface area contributed by atoms with Gasteiger partial charge in [0.15, 0.2) is 0 Å². The molecule has 1 aliphatic heterocycles. The molecule has 1 fully saturated rings. The van der Waals surface area contributed by atoms with Crippen LogP contribution in [0.5, 0.6) is 0 Å². The molecule has 4 rings (SSSR count). The summed E-state index contributed by atoms with van der Waals surface area (Å²) in [5, 5.41) is 13.3. The lowest BCUT2D eigenvalue weighted by Crippen LogP contribution is -2.35. The maximum Gasteiger partial charge on any atom is 0.379 e. The number of rotatable bonds is 5. The van der Waals surface area contributed by atoms with Crippen LogP contribution in [0.2, 0.25) is 0 Å². The Hall–Kier alpha value is -3.30. The van der Waals surface area contributed by atoms with Crippen molar-refractivity contribution in [2.45, 2.75) is 66.1 Å². The van der Waals surface area contributed by atoms with E-state index >= 15 is 0 Å². The zero-order valence-electron chi connectivity index (χ0n) is 21.3. The van der Waals surface area contributed by atoms with Crippen molar-refractivity contribution in [3.05, 3.63) is 57.0 Å². The lowest BCUT2D eigenvalue weighted by molar-refractivity contribution is -0.132. The monoisotopic (exact) mass is 508 g/mol. The van der Waals surface area contributed by atoms with Gasteiger partial charge in [0.1, 0.15) is 0 Å². The van der Waals surface area contributed by atoms with Gasteiger partial charge >= 0.3 is 12.6 Å². The number of carbonyl (C=O) groups is 1. The van der Waals surface area contributed by atoms with Crippen molar-refractivity contribution >= 4 is 22.8 Å². The first-order valence-corrected chi connectivity index (χ1v) is 12.2. The average molecular weight is 509 g/mol. The Bertz CT molecular complexity index is 1170. The number of hydrogen-bond donors (Lipinski definition) is 2. The van der Waals surface area contributed by atoms with Crippen LogP contribution in [0.15, 0.2) is 40.3 Å². The van der Waals surface area contributed by atoms with Gasteiger partial charge < -0.3 is 15.3 Å². The summed E-state index contributed by atoms with van der Waals surface area (Å²) in [5.74, 6) is -0.220. The third-order valence-electron chi connectivity index (χ3n) is 5.87. The van der Waals surface area contributed by atoms with E-state index < -0.39 is 12.6 Å². The van der Waals surface area contributed by atoms with Gasteiger partial charge in [0, 0.05) is 32.4 Å². The highest BCUT2D eigenvalue weighted by Crippen LogP contribution is 2.23. The van der Waals surface area contributed by atoms with Crippen LogP contribution in [-0.2, 0) is 18.4 Å². The number of carboxylic acid groups (broad SMARTS) is 1. The van der Waals surface area contributed by atoms with Crippen molar-refractivity contribution in [3.63, 3.8) is 0 Å². The molecule has 0 atom stereocenters. The quantitative estimate of drug-likeness (QED) is 0.576. The molecule has 1 saturated heterocycles. The van der Waals surface area contributed by atoms with Crippen molar-refractivity contribution in [2.24, 2.45) is 7.05 Å². The molecule has 2 N–H and O–H groups in total. The molecule has 0 bridgehead atoms. The molecule has 2 aromatic rings. The fraction of sp³-hybridized carbons (Fsp3) is 0.500. The summed E-state index contributed by atoms with van der Waals surface area (Å²) < 4.78 is 30.7. The van der Waals surface area contributed by atoms with Crippen molar-refractivity contribution < 1.29 is 23.1 Å². The normalized spacial score (nSPS) is 15.3. The molecular formula is C26H35F3N4O3. The van der Waals surface area contributed by atoms with Crippen LogP contribution < -0.4 is 15.8 Å². The van der Waals surface area contributed by atoms with Gasteiger partial charge in [-0.15, -0.1) is 0 Å². The minimum Gasteiger partial charge on any atom is -0.478 e. The zero-order valence-corrected chi connectivity index (χ0v) is 21.3. The topological polar surface area (TPSA) is 87.5 Å². The molecule has 1 aromatic carbocycles. The lowest BCUT2D eigenvalue weighted by Gasteiger charge is -2.29. The lowest BCUT2D eigenvalue weighted by atomic mass is 10.0. The maximum absolute atomic E-state index is 13.1. The number of fused-ring (bicyclic) bond motifs is 1. The second kappa shape index (κ2) is 13.7. The summed E-state index contributed by atoms with van der Waals surface area (Å²) in [5.41, 5.74) is 3.45. The summed E-state index contributed by atoms with van der Waals surface area (Å²) in [6.07, 6.45) is 8.64. The third-order valence-corrected chi connectivity index (χ3v) is 5.87. The Morgan fingerprint density at radius 1 is 1.11 bits per heavy atom. The molecule has 2 aliphatic rings. The summed E-state index contributed by atoms with van der Waals surface area (Å²) in [4.78, 5) is 31.8. The van der Waals surface area contributed by atoms with Crippen molar-refractivity contribution in [2.75, 3.05) is 18.0 Å². The molecule has 0 amide bonds. The van der Waals surface area contributed by atoms with Gasteiger partial charge in [0.25, 0.3) is 5.56 Å². The Balaban J connectivity index is 0.000000694. The molecule has 198 valence electrons. The summed E-state index contributed by atoms with van der Waals surface area (Å²) in [6.45, 7) is 4.52. The first kappa shape index (κ1) is 28.9. The number of nitrogens with one attached hydrogen (secondary N) is 1. The van der Waals surface area contributed by atoms with Crippen LogP contribution in [0.3, 0.4) is 0 Å². The maximum atomic E-state index is 13.1. The predicted molar refractivity (Wildman–Crippen MR) is 136 cm³/mol. The third kappa shape index (κ3) is 7.35. The van der Waals surface area contributed by atoms with E-state index in [1.54, 1.807) is 17.7 Å².